The van der Waals surface area contributed by atoms with E-state index in [1.54, 1.807) is 24.3 Å². The number of hydrogen-bond donors (Lipinski definition) is 4. The number of likely N-dealkylation sites (tertiary alicyclic amines) is 1. The van der Waals surface area contributed by atoms with Gasteiger partial charge >= 0.3 is 0 Å². The van der Waals surface area contributed by atoms with Crippen LogP contribution in [-0.2, 0) is 32.5 Å². The van der Waals surface area contributed by atoms with Crippen molar-refractivity contribution in [2.24, 2.45) is 10.9 Å². The number of hydrogen-bond acceptors (Lipinski definition) is 7. The lowest BCUT2D eigenvalue weighted by molar-refractivity contribution is -0.133. The Bertz CT molecular complexity index is 1170. The number of benzene rings is 2. The van der Waals surface area contributed by atoms with Gasteiger partial charge in [0.2, 0.25) is 21.8 Å². The fourth-order valence-electron chi connectivity index (χ4n) is 4.19. The summed E-state index contributed by atoms with van der Waals surface area (Å²) in [4.78, 5) is 28.0. The molecule has 0 saturated carbocycles. The van der Waals surface area contributed by atoms with Crippen LogP contribution in [0.25, 0.3) is 0 Å². The van der Waals surface area contributed by atoms with Crippen LogP contribution in [0.1, 0.15) is 36.5 Å². The largest absolute Gasteiger partial charge is 0.409 e. The first-order valence-corrected chi connectivity index (χ1v) is 13.6. The summed E-state index contributed by atoms with van der Waals surface area (Å²) in [7, 11) is -3.66. The van der Waals surface area contributed by atoms with Crippen molar-refractivity contribution in [2.75, 3.05) is 18.8 Å². The molecule has 2 aromatic carbocycles. The molecule has 0 aromatic heterocycles. The quantitative estimate of drug-likeness (QED) is 0.151. The molecule has 0 spiro atoms. The third kappa shape index (κ3) is 7.61. The number of carbonyl (C=O) groups is 2. The maximum atomic E-state index is 13.0. The van der Waals surface area contributed by atoms with Crippen LogP contribution in [0.5, 0.6) is 0 Å². The van der Waals surface area contributed by atoms with E-state index in [0.29, 0.717) is 24.9 Å². The van der Waals surface area contributed by atoms with Gasteiger partial charge in [0.25, 0.3) is 0 Å². The van der Waals surface area contributed by atoms with Crippen LogP contribution in [0, 0.1) is 0 Å². The molecule has 2 amide bonds. The zero-order valence-electron chi connectivity index (χ0n) is 20.3. The number of rotatable bonds is 11. The van der Waals surface area contributed by atoms with E-state index < -0.39 is 33.9 Å². The van der Waals surface area contributed by atoms with Crippen molar-refractivity contribution < 1.29 is 23.2 Å². The fourth-order valence-corrected chi connectivity index (χ4v) is 4.98. The SMILES string of the molecule is CCS(=O)(=O)N[C@H](Cc1ccccc1)C(=O)NC(=O)[C@@H]1CCCN1CCc1ccc(C(N)=NO)cc1. The number of oxime groups is 1. The van der Waals surface area contributed by atoms with E-state index in [1.165, 1.54) is 6.92 Å². The average molecular weight is 516 g/mol. The van der Waals surface area contributed by atoms with E-state index in [0.717, 1.165) is 24.1 Å². The molecule has 2 aromatic rings. The number of nitrogens with zero attached hydrogens (tertiary/aromatic N) is 2. The molecule has 0 radical (unpaired) electrons. The molecule has 0 aliphatic carbocycles. The van der Waals surface area contributed by atoms with Crippen LogP contribution in [0.3, 0.4) is 0 Å². The van der Waals surface area contributed by atoms with Gasteiger partial charge in [-0.3, -0.25) is 19.8 Å². The molecule has 5 N–H and O–H groups in total. The average Bonchev–Trinajstić information content (AvgIpc) is 3.36. The third-order valence-corrected chi connectivity index (χ3v) is 7.66. The van der Waals surface area contributed by atoms with Crippen molar-refractivity contribution >= 4 is 27.7 Å². The molecule has 1 aliphatic heterocycles. The predicted molar refractivity (Wildman–Crippen MR) is 137 cm³/mol. The maximum Gasteiger partial charge on any atom is 0.245 e. The zero-order valence-corrected chi connectivity index (χ0v) is 21.1. The second-order valence-corrected chi connectivity index (χ2v) is 10.8. The van der Waals surface area contributed by atoms with Gasteiger partial charge in [-0.15, -0.1) is 0 Å². The number of amides is 2. The Morgan fingerprint density at radius 2 is 1.83 bits per heavy atom. The summed E-state index contributed by atoms with van der Waals surface area (Å²) < 4.78 is 26.8. The molecular weight excluding hydrogens is 482 g/mol. The Hall–Kier alpha value is -3.28. The summed E-state index contributed by atoms with van der Waals surface area (Å²) in [5, 5.41) is 14.2. The monoisotopic (exact) mass is 515 g/mol. The van der Waals surface area contributed by atoms with Crippen LogP contribution in [0.2, 0.25) is 0 Å². The maximum absolute atomic E-state index is 13.0. The second kappa shape index (κ2) is 12.6. The Kier molecular flexibility index (Phi) is 9.57. The van der Waals surface area contributed by atoms with Crippen LogP contribution in [0.4, 0.5) is 0 Å². The van der Waals surface area contributed by atoms with Crippen molar-refractivity contribution in [3.63, 3.8) is 0 Å². The number of nitrogens with one attached hydrogen (secondary N) is 2. The molecule has 1 aliphatic rings. The summed E-state index contributed by atoms with van der Waals surface area (Å²) in [6.45, 7) is 2.83. The number of imide groups is 1. The molecule has 194 valence electrons. The lowest BCUT2D eigenvalue weighted by atomic mass is 10.1. The first kappa shape index (κ1) is 27.3. The minimum absolute atomic E-state index is 0.0364. The molecule has 3 rings (SSSR count). The summed E-state index contributed by atoms with van der Waals surface area (Å²) in [6, 6.07) is 14.8. The van der Waals surface area contributed by atoms with E-state index >= 15 is 0 Å². The lowest BCUT2D eigenvalue weighted by Gasteiger charge is -2.24. The molecule has 1 fully saturated rings. The summed E-state index contributed by atoms with van der Waals surface area (Å²) in [6.07, 6.45) is 2.26. The van der Waals surface area contributed by atoms with Crippen molar-refractivity contribution in [1.82, 2.24) is 14.9 Å². The molecule has 1 saturated heterocycles. The van der Waals surface area contributed by atoms with E-state index in [-0.39, 0.29) is 18.0 Å². The molecule has 11 heteroatoms. The second-order valence-electron chi connectivity index (χ2n) is 8.74. The van der Waals surface area contributed by atoms with Gasteiger partial charge in [0.1, 0.15) is 6.04 Å². The molecule has 36 heavy (non-hydrogen) atoms. The minimum Gasteiger partial charge on any atom is -0.409 e. The Morgan fingerprint density at radius 3 is 2.47 bits per heavy atom. The highest BCUT2D eigenvalue weighted by Crippen LogP contribution is 2.18. The van der Waals surface area contributed by atoms with Gasteiger partial charge in [-0.1, -0.05) is 59.8 Å². The highest BCUT2D eigenvalue weighted by atomic mass is 32.2. The van der Waals surface area contributed by atoms with Gasteiger partial charge in [0.15, 0.2) is 5.84 Å². The van der Waals surface area contributed by atoms with Gasteiger partial charge < -0.3 is 10.9 Å². The van der Waals surface area contributed by atoms with E-state index in [2.05, 4.69) is 15.2 Å². The third-order valence-electron chi connectivity index (χ3n) is 6.26. The van der Waals surface area contributed by atoms with Gasteiger partial charge in [0.05, 0.1) is 11.8 Å². The van der Waals surface area contributed by atoms with Crippen LogP contribution >= 0.6 is 0 Å². The van der Waals surface area contributed by atoms with Gasteiger partial charge in [0, 0.05) is 12.1 Å². The van der Waals surface area contributed by atoms with Crippen molar-refractivity contribution in [2.45, 2.75) is 44.7 Å². The predicted octanol–water partition coefficient (Wildman–Crippen LogP) is 0.981. The number of amidine groups is 1. The van der Waals surface area contributed by atoms with Crippen LogP contribution in [0.15, 0.2) is 59.8 Å². The molecule has 2 atom stereocenters. The number of carbonyl (C=O) groups excluding carboxylic acids is 2. The molecule has 1 heterocycles. The Balaban J connectivity index is 1.62. The topological polar surface area (TPSA) is 154 Å². The van der Waals surface area contributed by atoms with Crippen molar-refractivity contribution in [3.05, 3.63) is 71.3 Å². The number of nitrogens with two attached hydrogens (primary N) is 1. The molecule has 10 nitrogen and oxygen atoms in total. The summed E-state index contributed by atoms with van der Waals surface area (Å²) >= 11 is 0. The zero-order chi connectivity index (χ0) is 26.1. The van der Waals surface area contributed by atoms with Crippen LogP contribution < -0.4 is 15.8 Å². The minimum atomic E-state index is -3.66. The summed E-state index contributed by atoms with van der Waals surface area (Å²) in [5.74, 6) is -1.22. The first-order valence-electron chi connectivity index (χ1n) is 11.9. The standard InChI is InChI=1S/C25H33N5O5S/c1-2-36(34,35)29-21(17-19-7-4-3-5-8-19)24(31)27-25(32)22-9-6-15-30(22)16-14-18-10-12-20(13-11-18)23(26)28-33/h3-5,7-8,10-13,21-22,29,33H,2,6,9,14-17H2,1H3,(H2,26,28)(H,27,31,32)/t21-,22+/m1/s1. The Labute approximate surface area is 211 Å². The van der Waals surface area contributed by atoms with Crippen molar-refractivity contribution in [3.8, 4) is 0 Å². The molecule has 0 unspecified atom stereocenters. The molecule has 0 bridgehead atoms. The van der Waals surface area contributed by atoms with Gasteiger partial charge in [-0.2, -0.15) is 0 Å². The van der Waals surface area contributed by atoms with E-state index in [9.17, 15) is 18.0 Å². The van der Waals surface area contributed by atoms with E-state index in [1.807, 2.05) is 35.2 Å². The smallest absolute Gasteiger partial charge is 0.245 e. The van der Waals surface area contributed by atoms with Gasteiger partial charge in [-0.25, -0.2) is 13.1 Å². The first-order chi connectivity index (χ1) is 17.2. The summed E-state index contributed by atoms with van der Waals surface area (Å²) in [5.41, 5.74) is 8.02. The Morgan fingerprint density at radius 1 is 1.14 bits per heavy atom. The molecular formula is C25H33N5O5S. The lowest BCUT2D eigenvalue weighted by Crippen LogP contribution is -2.53. The highest BCUT2D eigenvalue weighted by molar-refractivity contribution is 7.89. The van der Waals surface area contributed by atoms with Gasteiger partial charge in [-0.05, 0) is 50.3 Å². The fraction of sp³-hybridized carbons (Fsp3) is 0.400. The normalized spacial score (nSPS) is 17.6. The van der Waals surface area contributed by atoms with Crippen LogP contribution in [-0.4, -0.2) is 67.1 Å². The number of sulfonamides is 1. The highest BCUT2D eigenvalue weighted by Gasteiger charge is 2.33. The van der Waals surface area contributed by atoms with Crippen molar-refractivity contribution in [1.29, 1.82) is 0 Å². The van der Waals surface area contributed by atoms with E-state index in [4.69, 9.17) is 10.9 Å².